The minimum Gasteiger partial charge on any atom is -0.378 e. The van der Waals surface area contributed by atoms with Crippen LogP contribution in [0.15, 0.2) is 55.2 Å². The predicted molar refractivity (Wildman–Crippen MR) is 118 cm³/mol. The standard InChI is InChI=1S/C23H20F4N6O3/c24-15-1-4-18(23(25,26)27)19(7-15)32-17-3-2-16(30-11-17)10-31-21(35)22(5-6-36-12-22)33-20(34)14-8-28-13-29-9-14/h1-4,7-9,11,13,32H,5-6,10,12H2,(H,31,35)(H,33,34). The molecule has 3 aromatic rings. The van der Waals surface area contributed by atoms with Crippen molar-refractivity contribution in [2.24, 2.45) is 0 Å². The summed E-state index contributed by atoms with van der Waals surface area (Å²) >= 11 is 0. The highest BCUT2D eigenvalue weighted by Gasteiger charge is 2.43. The molecule has 1 aliphatic heterocycles. The van der Waals surface area contributed by atoms with Gasteiger partial charge in [0.05, 0.1) is 47.5 Å². The number of hydrogen-bond acceptors (Lipinski definition) is 7. The summed E-state index contributed by atoms with van der Waals surface area (Å²) in [6, 6.07) is 5.07. The number of ether oxygens (including phenoxy) is 1. The number of alkyl halides is 3. The number of hydrogen-bond donors (Lipinski definition) is 3. The molecule has 2 amide bonds. The van der Waals surface area contributed by atoms with Crippen molar-refractivity contribution in [3.63, 3.8) is 0 Å². The van der Waals surface area contributed by atoms with Crippen molar-refractivity contribution in [1.29, 1.82) is 0 Å². The molecule has 1 aromatic carbocycles. The molecule has 3 heterocycles. The molecule has 36 heavy (non-hydrogen) atoms. The molecule has 1 saturated heterocycles. The Kier molecular flexibility index (Phi) is 7.10. The van der Waals surface area contributed by atoms with Gasteiger partial charge in [0, 0.05) is 25.4 Å². The van der Waals surface area contributed by atoms with Crippen molar-refractivity contribution >= 4 is 23.2 Å². The number of pyridine rings is 1. The summed E-state index contributed by atoms with van der Waals surface area (Å²) < 4.78 is 58.5. The Bertz CT molecular complexity index is 1230. The smallest absolute Gasteiger partial charge is 0.378 e. The normalized spacial score (nSPS) is 17.4. The molecule has 9 nitrogen and oxygen atoms in total. The van der Waals surface area contributed by atoms with E-state index in [4.69, 9.17) is 4.74 Å². The second kappa shape index (κ2) is 10.2. The van der Waals surface area contributed by atoms with E-state index in [0.717, 1.165) is 12.1 Å². The third-order valence-electron chi connectivity index (χ3n) is 5.45. The highest BCUT2D eigenvalue weighted by Crippen LogP contribution is 2.36. The summed E-state index contributed by atoms with van der Waals surface area (Å²) in [7, 11) is 0. The van der Waals surface area contributed by atoms with Crippen LogP contribution in [0.4, 0.5) is 28.9 Å². The number of halogens is 4. The fraction of sp³-hybridized carbons (Fsp3) is 0.261. The molecule has 1 aliphatic rings. The zero-order valence-electron chi connectivity index (χ0n) is 18.6. The lowest BCUT2D eigenvalue weighted by Gasteiger charge is -2.27. The number of aromatic nitrogens is 3. The molecule has 0 aliphatic carbocycles. The van der Waals surface area contributed by atoms with Gasteiger partial charge in [-0.05, 0) is 30.3 Å². The maximum atomic E-state index is 13.5. The highest BCUT2D eigenvalue weighted by molar-refractivity contribution is 5.99. The largest absolute Gasteiger partial charge is 0.418 e. The van der Waals surface area contributed by atoms with E-state index in [-0.39, 0.29) is 37.4 Å². The first-order valence-electron chi connectivity index (χ1n) is 10.7. The lowest BCUT2D eigenvalue weighted by Crippen LogP contribution is -2.59. The van der Waals surface area contributed by atoms with Crippen molar-refractivity contribution < 1.29 is 31.9 Å². The molecular weight excluding hydrogens is 484 g/mol. The van der Waals surface area contributed by atoms with Crippen molar-refractivity contribution in [2.45, 2.75) is 24.7 Å². The molecule has 188 valence electrons. The zero-order chi connectivity index (χ0) is 25.8. The van der Waals surface area contributed by atoms with E-state index < -0.39 is 40.6 Å². The average molecular weight is 504 g/mol. The number of amides is 2. The van der Waals surface area contributed by atoms with Gasteiger partial charge in [0.25, 0.3) is 5.91 Å². The Morgan fingerprint density at radius 2 is 1.86 bits per heavy atom. The zero-order valence-corrected chi connectivity index (χ0v) is 18.6. The van der Waals surface area contributed by atoms with Gasteiger partial charge < -0.3 is 20.7 Å². The minimum absolute atomic E-state index is 0.0149. The molecule has 0 spiro atoms. The first-order chi connectivity index (χ1) is 17.2. The second-order valence-corrected chi connectivity index (χ2v) is 8.00. The van der Waals surface area contributed by atoms with Gasteiger partial charge in [-0.15, -0.1) is 0 Å². The Hall–Kier alpha value is -4.13. The van der Waals surface area contributed by atoms with E-state index in [1.165, 1.54) is 37.1 Å². The average Bonchev–Trinajstić information content (AvgIpc) is 3.33. The number of nitrogens with zero attached hydrogens (tertiary/aromatic N) is 3. The van der Waals surface area contributed by atoms with Gasteiger partial charge in [-0.2, -0.15) is 13.2 Å². The summed E-state index contributed by atoms with van der Waals surface area (Å²) in [6.45, 7) is 0.236. The van der Waals surface area contributed by atoms with Crippen molar-refractivity contribution in [3.05, 3.63) is 77.9 Å². The monoisotopic (exact) mass is 504 g/mol. The molecule has 4 rings (SSSR count). The van der Waals surface area contributed by atoms with E-state index in [9.17, 15) is 27.2 Å². The van der Waals surface area contributed by atoms with E-state index in [2.05, 4.69) is 30.9 Å². The number of rotatable bonds is 7. The third-order valence-corrected chi connectivity index (χ3v) is 5.45. The van der Waals surface area contributed by atoms with Crippen LogP contribution in [-0.4, -0.2) is 45.5 Å². The molecule has 1 fully saturated rings. The Morgan fingerprint density at radius 3 is 2.50 bits per heavy atom. The van der Waals surface area contributed by atoms with Crippen LogP contribution in [0.5, 0.6) is 0 Å². The predicted octanol–water partition coefficient (Wildman–Crippen LogP) is 2.98. The highest BCUT2D eigenvalue weighted by atomic mass is 19.4. The van der Waals surface area contributed by atoms with E-state index in [1.807, 2.05) is 0 Å². The molecule has 2 aromatic heterocycles. The number of benzene rings is 1. The lowest BCUT2D eigenvalue weighted by molar-refractivity contribution is -0.137. The summed E-state index contributed by atoms with van der Waals surface area (Å²) in [4.78, 5) is 37.2. The van der Waals surface area contributed by atoms with E-state index in [1.54, 1.807) is 0 Å². The molecule has 0 bridgehead atoms. The molecule has 1 unspecified atom stereocenters. The first kappa shape index (κ1) is 25.0. The number of anilines is 2. The summed E-state index contributed by atoms with van der Waals surface area (Å²) in [6.07, 6.45) is 0.771. The van der Waals surface area contributed by atoms with Crippen molar-refractivity contribution in [2.75, 3.05) is 18.5 Å². The molecule has 13 heteroatoms. The molecule has 0 radical (unpaired) electrons. The Balaban J connectivity index is 1.40. The second-order valence-electron chi connectivity index (χ2n) is 8.00. The van der Waals surface area contributed by atoms with Crippen LogP contribution in [0.2, 0.25) is 0 Å². The fourth-order valence-electron chi connectivity index (χ4n) is 3.57. The van der Waals surface area contributed by atoms with Crippen LogP contribution in [0.25, 0.3) is 0 Å². The first-order valence-corrected chi connectivity index (χ1v) is 10.7. The molecular formula is C23H20F4N6O3. The van der Waals surface area contributed by atoms with Gasteiger partial charge in [0.15, 0.2) is 0 Å². The Morgan fingerprint density at radius 1 is 1.08 bits per heavy atom. The van der Waals surface area contributed by atoms with Crippen LogP contribution in [0.1, 0.15) is 28.0 Å². The number of carbonyl (C=O) groups excluding carboxylic acids is 2. The van der Waals surface area contributed by atoms with Crippen LogP contribution in [-0.2, 0) is 22.3 Å². The summed E-state index contributed by atoms with van der Waals surface area (Å²) in [5.41, 5.74) is -1.98. The van der Waals surface area contributed by atoms with Gasteiger partial charge in [0.1, 0.15) is 17.7 Å². The molecule has 1 atom stereocenters. The number of carbonyl (C=O) groups is 2. The SMILES string of the molecule is O=C(NC1(C(=O)NCc2ccc(Nc3cc(F)ccc3C(F)(F)F)cn2)CCOC1)c1cncnc1. The van der Waals surface area contributed by atoms with Gasteiger partial charge in [-0.25, -0.2) is 14.4 Å². The van der Waals surface area contributed by atoms with Crippen LogP contribution < -0.4 is 16.0 Å². The molecule has 0 saturated carbocycles. The maximum Gasteiger partial charge on any atom is 0.418 e. The Labute approximate surface area is 202 Å². The van der Waals surface area contributed by atoms with Gasteiger partial charge >= 0.3 is 6.18 Å². The van der Waals surface area contributed by atoms with E-state index >= 15 is 0 Å². The fourth-order valence-corrected chi connectivity index (χ4v) is 3.57. The quantitative estimate of drug-likeness (QED) is 0.424. The van der Waals surface area contributed by atoms with Gasteiger partial charge in [0.2, 0.25) is 5.91 Å². The topological polar surface area (TPSA) is 118 Å². The van der Waals surface area contributed by atoms with Crippen molar-refractivity contribution in [3.8, 4) is 0 Å². The lowest BCUT2D eigenvalue weighted by atomic mass is 9.96. The van der Waals surface area contributed by atoms with Crippen LogP contribution >= 0.6 is 0 Å². The molecule has 3 N–H and O–H groups in total. The summed E-state index contributed by atoms with van der Waals surface area (Å²) in [5, 5.41) is 7.91. The van der Waals surface area contributed by atoms with Crippen molar-refractivity contribution in [1.82, 2.24) is 25.6 Å². The van der Waals surface area contributed by atoms with Gasteiger partial charge in [-0.1, -0.05) is 0 Å². The van der Waals surface area contributed by atoms with Gasteiger partial charge in [-0.3, -0.25) is 14.6 Å². The van der Waals surface area contributed by atoms with Crippen LogP contribution in [0.3, 0.4) is 0 Å². The maximum absolute atomic E-state index is 13.5. The number of nitrogens with one attached hydrogen (secondary N) is 3. The third kappa shape index (κ3) is 5.74. The van der Waals surface area contributed by atoms with Crippen LogP contribution in [0, 0.1) is 5.82 Å². The summed E-state index contributed by atoms with van der Waals surface area (Å²) in [5.74, 6) is -1.83. The minimum atomic E-state index is -4.67. The van der Waals surface area contributed by atoms with E-state index in [0.29, 0.717) is 11.8 Å².